The summed E-state index contributed by atoms with van der Waals surface area (Å²) in [5.74, 6) is 0.433. The Morgan fingerprint density at radius 3 is 2.25 bits per heavy atom. The van der Waals surface area contributed by atoms with Gasteiger partial charge in [0.05, 0.1) is 6.04 Å². The van der Waals surface area contributed by atoms with Crippen LogP contribution in [-0.4, -0.2) is 6.23 Å². The molecule has 2 nitrogen and oxygen atoms in total. The van der Waals surface area contributed by atoms with Gasteiger partial charge in [-0.2, -0.15) is 0 Å². The predicted molar refractivity (Wildman–Crippen MR) is 98.1 cm³/mol. The normalized spacial score (nSPS) is 24.8. The molecule has 2 heteroatoms. The van der Waals surface area contributed by atoms with Crippen LogP contribution < -0.4 is 4.90 Å². The highest BCUT2D eigenvalue weighted by atomic mass is 16.5. The molecule has 1 heterocycles. The monoisotopic (exact) mass is 315 g/mol. The summed E-state index contributed by atoms with van der Waals surface area (Å²) in [5, 5.41) is 2.70. The molecule has 3 aromatic carbocycles. The van der Waals surface area contributed by atoms with Crippen molar-refractivity contribution < 1.29 is 4.74 Å². The molecule has 0 unspecified atom stereocenters. The zero-order chi connectivity index (χ0) is 16.3. The first-order valence-corrected chi connectivity index (χ1v) is 8.76. The van der Waals surface area contributed by atoms with Gasteiger partial charge in [-0.05, 0) is 39.9 Å². The first kappa shape index (κ1) is 14.1. The van der Waals surface area contributed by atoms with Crippen molar-refractivity contribution in [2.24, 2.45) is 5.92 Å². The maximum atomic E-state index is 6.61. The molecule has 5 rings (SSSR count). The molecule has 24 heavy (non-hydrogen) atoms. The highest BCUT2D eigenvalue weighted by Crippen LogP contribution is 2.56. The van der Waals surface area contributed by atoms with E-state index < -0.39 is 0 Å². The topological polar surface area (TPSA) is 12.5 Å². The summed E-state index contributed by atoms with van der Waals surface area (Å²) in [6.07, 6.45) is 0.227. The molecular weight excluding hydrogens is 294 g/mol. The minimum Gasteiger partial charge on any atom is -0.348 e. The fourth-order valence-corrected chi connectivity index (χ4v) is 4.42. The van der Waals surface area contributed by atoms with E-state index in [1.165, 1.54) is 27.6 Å². The van der Waals surface area contributed by atoms with Crippen molar-refractivity contribution >= 4 is 16.5 Å². The van der Waals surface area contributed by atoms with E-state index in [2.05, 4.69) is 85.5 Å². The zero-order valence-corrected chi connectivity index (χ0v) is 14.0. The summed E-state index contributed by atoms with van der Waals surface area (Å²) in [4.78, 5) is 2.49. The summed E-state index contributed by atoms with van der Waals surface area (Å²) in [6, 6.07) is 24.2. The van der Waals surface area contributed by atoms with Gasteiger partial charge in [0, 0.05) is 5.69 Å². The van der Waals surface area contributed by atoms with Crippen LogP contribution in [0.25, 0.3) is 10.8 Å². The highest BCUT2D eigenvalue weighted by Gasteiger charge is 2.49. The number of anilines is 1. The molecule has 0 amide bonds. The van der Waals surface area contributed by atoms with E-state index >= 15 is 0 Å². The number of hydrogen-bond donors (Lipinski definition) is 0. The molecule has 3 aromatic rings. The van der Waals surface area contributed by atoms with Crippen molar-refractivity contribution in [1.29, 1.82) is 0 Å². The average Bonchev–Trinajstić information content (AvgIpc) is 3.14. The number of fused-ring (bicyclic) bond motifs is 3. The van der Waals surface area contributed by atoms with Gasteiger partial charge in [-0.15, -0.1) is 0 Å². The maximum Gasteiger partial charge on any atom is 0.133 e. The van der Waals surface area contributed by atoms with E-state index in [9.17, 15) is 0 Å². The molecule has 1 fully saturated rings. The van der Waals surface area contributed by atoms with Crippen LogP contribution in [0.3, 0.4) is 0 Å². The fraction of sp³-hybridized carbons (Fsp3) is 0.273. The van der Waals surface area contributed by atoms with Gasteiger partial charge in [0.2, 0.25) is 0 Å². The van der Waals surface area contributed by atoms with Crippen molar-refractivity contribution in [3.05, 3.63) is 77.9 Å². The lowest BCUT2D eigenvalue weighted by Crippen LogP contribution is -2.35. The van der Waals surface area contributed by atoms with Gasteiger partial charge in [0.1, 0.15) is 12.3 Å². The van der Waals surface area contributed by atoms with Crippen molar-refractivity contribution in [2.75, 3.05) is 4.90 Å². The maximum absolute atomic E-state index is 6.61. The van der Waals surface area contributed by atoms with Gasteiger partial charge in [0.15, 0.2) is 0 Å². The second-order valence-corrected chi connectivity index (χ2v) is 7.17. The van der Waals surface area contributed by atoms with E-state index in [1.807, 2.05) is 0 Å². The Balaban J connectivity index is 1.73. The van der Waals surface area contributed by atoms with E-state index in [-0.39, 0.29) is 18.4 Å². The lowest BCUT2D eigenvalue weighted by molar-refractivity contribution is 0.0186. The van der Waals surface area contributed by atoms with Gasteiger partial charge in [-0.3, -0.25) is 0 Å². The van der Waals surface area contributed by atoms with Crippen LogP contribution >= 0.6 is 0 Å². The van der Waals surface area contributed by atoms with Crippen LogP contribution in [0.15, 0.2) is 66.7 Å². The molecule has 0 aromatic heterocycles. The van der Waals surface area contributed by atoms with E-state index in [1.54, 1.807) is 0 Å². The smallest absolute Gasteiger partial charge is 0.133 e. The Kier molecular flexibility index (Phi) is 2.98. The van der Waals surface area contributed by atoms with Gasteiger partial charge in [-0.1, -0.05) is 68.4 Å². The second kappa shape index (κ2) is 5.09. The molecule has 1 saturated heterocycles. The van der Waals surface area contributed by atoms with Crippen LogP contribution in [-0.2, 0) is 4.74 Å². The zero-order valence-electron chi connectivity index (χ0n) is 14.0. The van der Waals surface area contributed by atoms with Gasteiger partial charge in [-0.25, -0.2) is 0 Å². The lowest BCUT2D eigenvalue weighted by atomic mass is 10.0. The number of rotatable bonds is 2. The molecule has 1 aliphatic heterocycles. The number of benzene rings is 3. The number of para-hydroxylation sites is 1. The van der Waals surface area contributed by atoms with Crippen LogP contribution in [0.4, 0.5) is 5.69 Å². The quantitative estimate of drug-likeness (QED) is 0.623. The van der Waals surface area contributed by atoms with Gasteiger partial charge in [0.25, 0.3) is 0 Å². The Bertz CT molecular complexity index is 897. The Labute approximate surface area is 142 Å². The fourth-order valence-electron chi connectivity index (χ4n) is 4.42. The Hall–Kier alpha value is -2.32. The molecule has 0 spiro atoms. The first-order chi connectivity index (χ1) is 11.8. The number of nitrogens with zero attached hydrogens (tertiary/aromatic N) is 1. The van der Waals surface area contributed by atoms with E-state index in [0.29, 0.717) is 5.92 Å². The Morgan fingerprint density at radius 2 is 1.54 bits per heavy atom. The van der Waals surface area contributed by atoms with Crippen LogP contribution in [0.5, 0.6) is 0 Å². The number of ether oxygens (including phenoxy) is 1. The summed E-state index contributed by atoms with van der Waals surface area (Å²) in [6.45, 7) is 4.49. The predicted octanol–water partition coefficient (Wildman–Crippen LogP) is 5.45. The SMILES string of the molecule is CC(C)[C@@H]1O[C@H]2c3cccc4cccc(c34)[C@@H]2N1c1ccccc1. The van der Waals surface area contributed by atoms with Crippen LogP contribution in [0, 0.1) is 5.92 Å². The minimum absolute atomic E-state index is 0.103. The van der Waals surface area contributed by atoms with Crippen molar-refractivity contribution in [3.63, 3.8) is 0 Å². The summed E-state index contributed by atoms with van der Waals surface area (Å²) >= 11 is 0. The third-order valence-electron chi connectivity index (χ3n) is 5.37. The molecule has 3 atom stereocenters. The van der Waals surface area contributed by atoms with Gasteiger partial charge < -0.3 is 9.64 Å². The third kappa shape index (κ3) is 1.81. The first-order valence-electron chi connectivity index (χ1n) is 8.76. The molecule has 2 aliphatic rings. The molecule has 0 N–H and O–H groups in total. The van der Waals surface area contributed by atoms with Gasteiger partial charge >= 0.3 is 0 Å². The second-order valence-electron chi connectivity index (χ2n) is 7.17. The molecule has 0 radical (unpaired) electrons. The van der Waals surface area contributed by atoms with Crippen molar-refractivity contribution in [3.8, 4) is 0 Å². The van der Waals surface area contributed by atoms with E-state index in [0.717, 1.165) is 0 Å². The summed E-state index contributed by atoms with van der Waals surface area (Å²) < 4.78 is 6.61. The van der Waals surface area contributed by atoms with Crippen molar-refractivity contribution in [2.45, 2.75) is 32.2 Å². The summed E-state index contributed by atoms with van der Waals surface area (Å²) in [7, 11) is 0. The largest absolute Gasteiger partial charge is 0.348 e. The molecule has 0 saturated carbocycles. The minimum atomic E-state index is 0.103. The van der Waals surface area contributed by atoms with Crippen molar-refractivity contribution in [1.82, 2.24) is 0 Å². The van der Waals surface area contributed by atoms with Crippen LogP contribution in [0.1, 0.15) is 37.1 Å². The standard InChI is InChI=1S/C22H21NO/c1-14(2)22-23(16-10-4-3-5-11-16)20-17-12-6-8-15-9-7-13-18(19(15)17)21(20)24-22/h3-14,20-22H,1-2H3/t20-,21-,22-/m0/s1. The highest BCUT2D eigenvalue weighted by molar-refractivity contribution is 5.92. The Morgan fingerprint density at radius 1 is 0.833 bits per heavy atom. The lowest BCUT2D eigenvalue weighted by Gasteiger charge is -2.32. The van der Waals surface area contributed by atoms with E-state index in [4.69, 9.17) is 4.74 Å². The third-order valence-corrected chi connectivity index (χ3v) is 5.37. The molecule has 120 valence electrons. The number of hydrogen-bond acceptors (Lipinski definition) is 2. The molecular formula is C22H21NO. The molecule has 0 bridgehead atoms. The average molecular weight is 315 g/mol. The molecule has 1 aliphatic carbocycles. The summed E-state index contributed by atoms with van der Waals surface area (Å²) in [5.41, 5.74) is 3.99. The van der Waals surface area contributed by atoms with Crippen LogP contribution in [0.2, 0.25) is 0 Å².